The molecule has 0 aromatic heterocycles. The normalized spacial score (nSPS) is 8.80. The molecule has 0 radical (unpaired) electrons. The van der Waals surface area contributed by atoms with Crippen LogP contribution >= 0.6 is 0 Å². The van der Waals surface area contributed by atoms with Crippen molar-refractivity contribution >= 4 is 6.08 Å². The molecule has 0 aliphatic heterocycles. The Kier molecular flexibility index (Phi) is 1.95. The van der Waals surface area contributed by atoms with Gasteiger partial charge in [-0.2, -0.15) is 0 Å². The van der Waals surface area contributed by atoms with Crippen molar-refractivity contribution in [2.45, 2.75) is 0 Å². The van der Waals surface area contributed by atoms with Crippen molar-refractivity contribution in [2.24, 2.45) is 0 Å². The predicted molar refractivity (Wildman–Crippen MR) is 39.7 cm³/mol. The Bertz CT molecular complexity index is 222. The first kappa shape index (κ1) is 6.68. The average molecular weight is 136 g/mol. The zero-order valence-corrected chi connectivity index (χ0v) is 5.36. The molecule has 0 heterocycles. The van der Waals surface area contributed by atoms with Gasteiger partial charge in [0.1, 0.15) is 0 Å². The summed E-state index contributed by atoms with van der Waals surface area (Å²) in [6.45, 7) is 0. The van der Waals surface area contributed by atoms with Crippen molar-refractivity contribution in [3.05, 3.63) is 41.8 Å². The quantitative estimate of drug-likeness (QED) is 0.580. The number of hydrogen-bond acceptors (Lipinski definition) is 2. The van der Waals surface area contributed by atoms with Crippen LogP contribution in [0.2, 0.25) is 0 Å². The standard InChI is InChI=1S/C8H8O2/c9-8(10)6-7-4-2-1-3-5-7/h1-6,9-10H. The maximum Gasteiger partial charge on any atom is 0.274 e. The molecule has 2 heteroatoms. The zero-order chi connectivity index (χ0) is 7.40. The second kappa shape index (κ2) is 2.92. The van der Waals surface area contributed by atoms with Gasteiger partial charge < -0.3 is 10.2 Å². The van der Waals surface area contributed by atoms with Crippen LogP contribution in [0.25, 0.3) is 6.08 Å². The van der Waals surface area contributed by atoms with E-state index in [1.54, 1.807) is 12.1 Å². The molecule has 0 saturated carbocycles. The number of hydrogen-bond donors (Lipinski definition) is 2. The molecule has 0 bridgehead atoms. The Morgan fingerprint density at radius 2 is 1.70 bits per heavy atom. The van der Waals surface area contributed by atoms with Gasteiger partial charge in [0.05, 0.1) is 0 Å². The Balaban J connectivity index is 2.87. The van der Waals surface area contributed by atoms with E-state index in [0.29, 0.717) is 0 Å². The lowest BCUT2D eigenvalue weighted by Gasteiger charge is -1.89. The SMILES string of the molecule is OC(O)=Cc1ccccc1. The number of aliphatic hydroxyl groups excluding tert-OH is 1. The first-order chi connectivity index (χ1) is 4.79. The van der Waals surface area contributed by atoms with Gasteiger partial charge in [0.25, 0.3) is 5.95 Å². The lowest BCUT2D eigenvalue weighted by atomic mass is 10.2. The summed E-state index contributed by atoms with van der Waals surface area (Å²) in [6.07, 6.45) is 1.28. The molecule has 0 unspecified atom stereocenters. The van der Waals surface area contributed by atoms with Crippen molar-refractivity contribution in [3.63, 3.8) is 0 Å². The molecule has 0 aliphatic rings. The van der Waals surface area contributed by atoms with E-state index in [1.807, 2.05) is 18.2 Å². The molecular weight excluding hydrogens is 128 g/mol. The van der Waals surface area contributed by atoms with Gasteiger partial charge in [-0.1, -0.05) is 30.3 Å². The lowest BCUT2D eigenvalue weighted by Crippen LogP contribution is -1.75. The molecule has 1 aromatic carbocycles. The summed E-state index contributed by atoms with van der Waals surface area (Å²) in [6, 6.07) is 9.09. The van der Waals surface area contributed by atoms with Crippen LogP contribution in [-0.2, 0) is 0 Å². The third kappa shape index (κ3) is 1.82. The summed E-state index contributed by atoms with van der Waals surface area (Å²) < 4.78 is 0. The summed E-state index contributed by atoms with van der Waals surface area (Å²) in [4.78, 5) is 0. The van der Waals surface area contributed by atoms with Crippen LogP contribution < -0.4 is 0 Å². The van der Waals surface area contributed by atoms with Crippen molar-refractivity contribution < 1.29 is 10.2 Å². The van der Waals surface area contributed by atoms with Gasteiger partial charge in [0.15, 0.2) is 0 Å². The molecule has 0 aliphatic carbocycles. The summed E-state index contributed by atoms with van der Waals surface area (Å²) in [5.74, 6) is -0.661. The maximum absolute atomic E-state index is 8.42. The van der Waals surface area contributed by atoms with E-state index in [9.17, 15) is 0 Å². The van der Waals surface area contributed by atoms with Crippen molar-refractivity contribution in [1.82, 2.24) is 0 Å². The van der Waals surface area contributed by atoms with E-state index in [1.165, 1.54) is 6.08 Å². The Hall–Kier alpha value is -1.44. The summed E-state index contributed by atoms with van der Waals surface area (Å²) in [7, 11) is 0. The molecule has 1 aromatic rings. The van der Waals surface area contributed by atoms with Gasteiger partial charge in [-0.05, 0) is 5.56 Å². The first-order valence-electron chi connectivity index (χ1n) is 2.94. The van der Waals surface area contributed by atoms with Gasteiger partial charge in [-0.3, -0.25) is 0 Å². The van der Waals surface area contributed by atoms with E-state index in [4.69, 9.17) is 10.2 Å². The highest BCUT2D eigenvalue weighted by molar-refractivity contribution is 5.48. The van der Waals surface area contributed by atoms with E-state index in [2.05, 4.69) is 0 Å². The zero-order valence-electron chi connectivity index (χ0n) is 5.36. The van der Waals surface area contributed by atoms with Crippen LogP contribution in [0.15, 0.2) is 36.3 Å². The molecule has 2 N–H and O–H groups in total. The fourth-order valence-corrected chi connectivity index (χ4v) is 0.698. The molecule has 0 saturated heterocycles. The predicted octanol–water partition coefficient (Wildman–Crippen LogP) is 2.10. The van der Waals surface area contributed by atoms with Crippen LogP contribution in [0.5, 0.6) is 0 Å². The molecule has 0 spiro atoms. The van der Waals surface area contributed by atoms with Gasteiger partial charge in [-0.25, -0.2) is 0 Å². The van der Waals surface area contributed by atoms with Crippen molar-refractivity contribution in [1.29, 1.82) is 0 Å². The third-order valence-electron chi connectivity index (χ3n) is 1.10. The second-order valence-electron chi connectivity index (χ2n) is 1.91. The highest BCUT2D eigenvalue weighted by Crippen LogP contribution is 2.01. The fourth-order valence-electron chi connectivity index (χ4n) is 0.698. The van der Waals surface area contributed by atoms with E-state index < -0.39 is 5.95 Å². The summed E-state index contributed by atoms with van der Waals surface area (Å²) in [5.41, 5.74) is 0.780. The number of aliphatic hydroxyl groups is 2. The lowest BCUT2D eigenvalue weighted by molar-refractivity contribution is 0.197. The van der Waals surface area contributed by atoms with E-state index in [0.717, 1.165) is 5.56 Å². The number of rotatable bonds is 1. The molecular formula is C8H8O2. The number of benzene rings is 1. The van der Waals surface area contributed by atoms with Gasteiger partial charge in [0.2, 0.25) is 0 Å². The molecule has 0 atom stereocenters. The Morgan fingerprint density at radius 1 is 1.10 bits per heavy atom. The van der Waals surface area contributed by atoms with E-state index in [-0.39, 0.29) is 0 Å². The Morgan fingerprint density at radius 3 is 2.20 bits per heavy atom. The minimum absolute atomic E-state index is 0.661. The van der Waals surface area contributed by atoms with Crippen LogP contribution in [-0.4, -0.2) is 10.2 Å². The summed E-state index contributed by atoms with van der Waals surface area (Å²) >= 11 is 0. The van der Waals surface area contributed by atoms with Crippen molar-refractivity contribution in [3.8, 4) is 0 Å². The van der Waals surface area contributed by atoms with Crippen molar-refractivity contribution in [2.75, 3.05) is 0 Å². The Labute approximate surface area is 59.1 Å². The van der Waals surface area contributed by atoms with E-state index >= 15 is 0 Å². The van der Waals surface area contributed by atoms with Crippen LogP contribution in [0.1, 0.15) is 5.56 Å². The van der Waals surface area contributed by atoms with Gasteiger partial charge in [-0.15, -0.1) is 0 Å². The topological polar surface area (TPSA) is 40.5 Å². The van der Waals surface area contributed by atoms with Crippen LogP contribution in [0.3, 0.4) is 0 Å². The molecule has 0 amide bonds. The summed E-state index contributed by atoms with van der Waals surface area (Å²) in [5, 5.41) is 16.8. The molecule has 1 rings (SSSR count). The highest BCUT2D eigenvalue weighted by atomic mass is 16.5. The van der Waals surface area contributed by atoms with Crippen LogP contribution in [0.4, 0.5) is 0 Å². The highest BCUT2D eigenvalue weighted by Gasteiger charge is 1.86. The van der Waals surface area contributed by atoms with Crippen LogP contribution in [0, 0.1) is 0 Å². The second-order valence-corrected chi connectivity index (χ2v) is 1.91. The average Bonchev–Trinajstić information content (AvgIpc) is 1.88. The molecule has 52 valence electrons. The smallest absolute Gasteiger partial charge is 0.274 e. The maximum atomic E-state index is 8.42. The fraction of sp³-hybridized carbons (Fsp3) is 0. The minimum Gasteiger partial charge on any atom is -0.481 e. The van der Waals surface area contributed by atoms with Gasteiger partial charge >= 0.3 is 0 Å². The minimum atomic E-state index is -0.661. The van der Waals surface area contributed by atoms with Gasteiger partial charge in [0, 0.05) is 6.08 Å². The first-order valence-corrected chi connectivity index (χ1v) is 2.94. The largest absolute Gasteiger partial charge is 0.481 e. The molecule has 2 nitrogen and oxygen atoms in total. The molecule has 10 heavy (non-hydrogen) atoms. The monoisotopic (exact) mass is 136 g/mol. The third-order valence-corrected chi connectivity index (χ3v) is 1.10. The molecule has 0 fully saturated rings.